The number of methoxy groups -OCH3 is 3. The molecule has 0 atom stereocenters. The van der Waals surface area contributed by atoms with E-state index in [1.54, 1.807) is 34.7 Å². The Balaban J connectivity index is 1.75. The first-order valence-electron chi connectivity index (χ1n) is 10.3. The van der Waals surface area contributed by atoms with E-state index in [1.165, 1.54) is 21.3 Å². The smallest absolute Gasteiger partial charge is 0.356 e. The van der Waals surface area contributed by atoms with Crippen LogP contribution in [-0.4, -0.2) is 67.6 Å². The summed E-state index contributed by atoms with van der Waals surface area (Å²) in [5.74, 6) is 0.831. The Hall–Kier alpha value is -3.23. The van der Waals surface area contributed by atoms with E-state index >= 15 is 0 Å². The Labute approximate surface area is 181 Å². The van der Waals surface area contributed by atoms with Crippen molar-refractivity contribution >= 4 is 11.9 Å². The third kappa shape index (κ3) is 4.60. The van der Waals surface area contributed by atoms with Crippen molar-refractivity contribution in [3.8, 4) is 17.2 Å². The maximum absolute atomic E-state index is 13.1. The number of ether oxygens (including phenoxy) is 4. The quantitative estimate of drug-likeness (QED) is 0.623. The Morgan fingerprint density at radius 1 is 1.03 bits per heavy atom. The molecule has 168 valence electrons. The van der Waals surface area contributed by atoms with Gasteiger partial charge in [-0.05, 0) is 44.9 Å². The standard InChI is InChI=1S/C22H29N3O6/c1-6-31-22(27)17-11-14(2)23-25(17)16-7-9-24(10-8-16)21(26)15-12-18(28-3)20(30-5)19(13-15)29-4/h11-13,16H,6-10H2,1-5H3. The highest BCUT2D eigenvalue weighted by molar-refractivity contribution is 5.95. The second-order valence-electron chi connectivity index (χ2n) is 7.27. The number of likely N-dealkylation sites (tertiary alicyclic amines) is 1. The van der Waals surface area contributed by atoms with Crippen LogP contribution in [0.5, 0.6) is 17.2 Å². The zero-order valence-electron chi connectivity index (χ0n) is 18.6. The van der Waals surface area contributed by atoms with Crippen molar-refractivity contribution < 1.29 is 28.5 Å². The minimum absolute atomic E-state index is 0.0251. The fourth-order valence-corrected chi connectivity index (χ4v) is 3.85. The largest absolute Gasteiger partial charge is 0.493 e. The summed E-state index contributed by atoms with van der Waals surface area (Å²) in [6, 6.07) is 5.08. The van der Waals surface area contributed by atoms with Crippen molar-refractivity contribution in [2.75, 3.05) is 41.0 Å². The highest BCUT2D eigenvalue weighted by Gasteiger charge is 2.29. The average molecular weight is 431 g/mol. The van der Waals surface area contributed by atoms with Gasteiger partial charge in [0.2, 0.25) is 5.75 Å². The number of aryl methyl sites for hydroxylation is 1. The highest BCUT2D eigenvalue weighted by atomic mass is 16.5. The molecule has 1 saturated heterocycles. The minimum Gasteiger partial charge on any atom is -0.493 e. The monoisotopic (exact) mass is 431 g/mol. The first-order valence-corrected chi connectivity index (χ1v) is 10.3. The summed E-state index contributed by atoms with van der Waals surface area (Å²) in [5, 5.41) is 4.50. The number of benzene rings is 1. The molecule has 0 N–H and O–H groups in total. The van der Waals surface area contributed by atoms with Gasteiger partial charge in [0.15, 0.2) is 11.5 Å². The predicted octanol–water partition coefficient (Wildman–Crippen LogP) is 2.87. The van der Waals surface area contributed by atoms with E-state index in [4.69, 9.17) is 18.9 Å². The van der Waals surface area contributed by atoms with Crippen molar-refractivity contribution in [3.63, 3.8) is 0 Å². The van der Waals surface area contributed by atoms with Crippen LogP contribution in [0.25, 0.3) is 0 Å². The van der Waals surface area contributed by atoms with Crippen LogP contribution in [0.1, 0.15) is 52.3 Å². The fraction of sp³-hybridized carbons (Fsp3) is 0.500. The molecule has 9 nitrogen and oxygen atoms in total. The Morgan fingerprint density at radius 2 is 1.65 bits per heavy atom. The molecule has 0 bridgehead atoms. The number of amides is 1. The van der Waals surface area contributed by atoms with Gasteiger partial charge in [0.25, 0.3) is 5.91 Å². The molecule has 1 aromatic carbocycles. The summed E-state index contributed by atoms with van der Waals surface area (Å²) >= 11 is 0. The second-order valence-corrected chi connectivity index (χ2v) is 7.27. The van der Waals surface area contributed by atoms with E-state index < -0.39 is 0 Å². The first kappa shape index (κ1) is 22.5. The van der Waals surface area contributed by atoms with Crippen LogP contribution in [-0.2, 0) is 4.74 Å². The van der Waals surface area contributed by atoms with Gasteiger partial charge < -0.3 is 23.8 Å². The number of carbonyl (C=O) groups is 2. The molecule has 0 spiro atoms. The van der Waals surface area contributed by atoms with E-state index in [0.717, 1.165) is 5.69 Å². The van der Waals surface area contributed by atoms with E-state index in [1.807, 2.05) is 6.92 Å². The molecule has 0 aliphatic carbocycles. The fourth-order valence-electron chi connectivity index (χ4n) is 3.85. The highest BCUT2D eigenvalue weighted by Crippen LogP contribution is 2.38. The number of nitrogens with zero attached hydrogens (tertiary/aromatic N) is 3. The maximum Gasteiger partial charge on any atom is 0.356 e. The third-order valence-corrected chi connectivity index (χ3v) is 5.35. The number of piperidine rings is 1. The van der Waals surface area contributed by atoms with Crippen molar-refractivity contribution in [1.82, 2.24) is 14.7 Å². The van der Waals surface area contributed by atoms with Crippen molar-refractivity contribution in [2.45, 2.75) is 32.7 Å². The Morgan fingerprint density at radius 3 is 2.16 bits per heavy atom. The van der Waals surface area contributed by atoms with E-state index in [0.29, 0.717) is 61.0 Å². The lowest BCUT2D eigenvalue weighted by Gasteiger charge is -2.32. The lowest BCUT2D eigenvalue weighted by atomic mass is 10.0. The number of esters is 1. The topological polar surface area (TPSA) is 92.1 Å². The maximum atomic E-state index is 13.1. The van der Waals surface area contributed by atoms with Gasteiger partial charge in [-0.15, -0.1) is 0 Å². The molecular weight excluding hydrogens is 402 g/mol. The molecule has 2 aromatic rings. The summed E-state index contributed by atoms with van der Waals surface area (Å²) < 4.78 is 22.9. The molecule has 2 heterocycles. The number of carbonyl (C=O) groups excluding carboxylic acids is 2. The zero-order valence-corrected chi connectivity index (χ0v) is 18.6. The molecule has 1 aromatic heterocycles. The Bertz CT molecular complexity index is 922. The van der Waals surface area contributed by atoms with Crippen LogP contribution in [0.3, 0.4) is 0 Å². The molecule has 1 aliphatic rings. The molecule has 0 unspecified atom stereocenters. The predicted molar refractivity (Wildman–Crippen MR) is 113 cm³/mol. The SMILES string of the molecule is CCOC(=O)c1cc(C)nn1C1CCN(C(=O)c2cc(OC)c(OC)c(OC)c2)CC1. The lowest BCUT2D eigenvalue weighted by Crippen LogP contribution is -2.39. The van der Waals surface area contributed by atoms with Crippen LogP contribution in [0, 0.1) is 6.92 Å². The number of hydrogen-bond acceptors (Lipinski definition) is 7. The van der Waals surface area contributed by atoms with Crippen molar-refractivity contribution in [3.05, 3.63) is 35.2 Å². The average Bonchev–Trinajstić information content (AvgIpc) is 3.19. The van der Waals surface area contributed by atoms with Crippen LogP contribution in [0.15, 0.2) is 18.2 Å². The number of aromatic nitrogens is 2. The molecule has 1 aliphatic heterocycles. The molecule has 0 saturated carbocycles. The van der Waals surface area contributed by atoms with Crippen molar-refractivity contribution in [1.29, 1.82) is 0 Å². The van der Waals surface area contributed by atoms with Crippen LogP contribution < -0.4 is 14.2 Å². The lowest BCUT2D eigenvalue weighted by molar-refractivity contribution is 0.0498. The summed E-state index contributed by atoms with van der Waals surface area (Å²) in [6.45, 7) is 5.02. The molecule has 3 rings (SSSR count). The second kappa shape index (κ2) is 9.72. The minimum atomic E-state index is -0.376. The van der Waals surface area contributed by atoms with Gasteiger partial charge in [-0.25, -0.2) is 4.79 Å². The van der Waals surface area contributed by atoms with E-state index in [-0.39, 0.29) is 17.9 Å². The Kier molecular flexibility index (Phi) is 7.04. The third-order valence-electron chi connectivity index (χ3n) is 5.35. The van der Waals surface area contributed by atoms with Gasteiger partial charge in [-0.2, -0.15) is 5.10 Å². The molecule has 0 radical (unpaired) electrons. The molecule has 9 heteroatoms. The summed E-state index contributed by atoms with van der Waals surface area (Å²) in [5.41, 5.74) is 1.68. The van der Waals surface area contributed by atoms with E-state index in [2.05, 4.69) is 5.10 Å². The van der Waals surface area contributed by atoms with E-state index in [9.17, 15) is 9.59 Å². The zero-order chi connectivity index (χ0) is 22.5. The number of hydrogen-bond donors (Lipinski definition) is 0. The van der Waals surface area contributed by atoms with Gasteiger partial charge in [-0.3, -0.25) is 9.48 Å². The summed E-state index contributed by atoms with van der Waals surface area (Å²) in [6.07, 6.45) is 1.37. The summed E-state index contributed by atoms with van der Waals surface area (Å²) in [4.78, 5) is 27.2. The normalized spacial score (nSPS) is 14.3. The van der Waals surface area contributed by atoms with Crippen LogP contribution in [0.2, 0.25) is 0 Å². The molecule has 1 amide bonds. The van der Waals surface area contributed by atoms with Crippen LogP contribution >= 0.6 is 0 Å². The first-order chi connectivity index (χ1) is 14.9. The van der Waals surface area contributed by atoms with Gasteiger partial charge >= 0.3 is 5.97 Å². The van der Waals surface area contributed by atoms with Gasteiger partial charge in [-0.1, -0.05) is 0 Å². The molecule has 31 heavy (non-hydrogen) atoms. The number of rotatable bonds is 7. The molecular formula is C22H29N3O6. The van der Waals surface area contributed by atoms with Crippen molar-refractivity contribution in [2.24, 2.45) is 0 Å². The summed E-state index contributed by atoms with van der Waals surface area (Å²) in [7, 11) is 4.56. The van der Waals surface area contributed by atoms with Gasteiger partial charge in [0.1, 0.15) is 5.69 Å². The van der Waals surface area contributed by atoms with Gasteiger partial charge in [0.05, 0.1) is 39.7 Å². The van der Waals surface area contributed by atoms with Gasteiger partial charge in [0, 0.05) is 18.7 Å². The molecule has 1 fully saturated rings. The van der Waals surface area contributed by atoms with Crippen LogP contribution in [0.4, 0.5) is 0 Å².